The van der Waals surface area contributed by atoms with Crippen molar-refractivity contribution in [2.45, 2.75) is 56.7 Å². The van der Waals surface area contributed by atoms with E-state index in [-0.39, 0.29) is 5.91 Å². The van der Waals surface area contributed by atoms with Crippen LogP contribution in [0.25, 0.3) is 0 Å². The molecule has 5 nitrogen and oxygen atoms in total. The highest BCUT2D eigenvalue weighted by Crippen LogP contribution is 2.47. The summed E-state index contributed by atoms with van der Waals surface area (Å²) in [5.41, 5.74) is 3.42. The number of aryl methyl sites for hydroxylation is 1. The SMILES string of the molecule is O=C(c1cnn2c1CCCC2)N1C[C@H](c2ccccc2)[C@H]2[C@@H]1C1CCN2CC1. The summed E-state index contributed by atoms with van der Waals surface area (Å²) in [4.78, 5) is 18.7. The first-order chi connectivity index (χ1) is 13.8. The van der Waals surface area contributed by atoms with Gasteiger partial charge in [0.1, 0.15) is 0 Å². The Balaban J connectivity index is 1.38. The fourth-order valence-electron chi connectivity index (χ4n) is 6.40. The highest BCUT2D eigenvalue weighted by molar-refractivity contribution is 5.96. The molecule has 4 saturated heterocycles. The summed E-state index contributed by atoms with van der Waals surface area (Å²) in [5.74, 6) is 1.30. The lowest BCUT2D eigenvalue weighted by Gasteiger charge is -2.51. The molecule has 5 aliphatic rings. The normalized spacial score (nSPS) is 33.6. The van der Waals surface area contributed by atoms with Gasteiger partial charge in [0.25, 0.3) is 5.91 Å². The molecule has 0 spiro atoms. The summed E-state index contributed by atoms with van der Waals surface area (Å²) >= 11 is 0. The van der Waals surface area contributed by atoms with Crippen LogP contribution in [0.1, 0.15) is 53.2 Å². The lowest BCUT2D eigenvalue weighted by atomic mass is 9.75. The maximum Gasteiger partial charge on any atom is 0.257 e. The fraction of sp³-hybridized carbons (Fsp3) is 0.565. The Morgan fingerprint density at radius 2 is 1.82 bits per heavy atom. The number of hydrogen-bond acceptors (Lipinski definition) is 3. The van der Waals surface area contributed by atoms with Gasteiger partial charge in [0.2, 0.25) is 0 Å². The third kappa shape index (κ3) is 2.41. The van der Waals surface area contributed by atoms with E-state index in [9.17, 15) is 4.79 Å². The van der Waals surface area contributed by atoms with Gasteiger partial charge in [0, 0.05) is 25.0 Å². The van der Waals surface area contributed by atoms with Gasteiger partial charge in [0.05, 0.1) is 23.5 Å². The van der Waals surface area contributed by atoms with Gasteiger partial charge in [0.15, 0.2) is 0 Å². The van der Waals surface area contributed by atoms with Gasteiger partial charge in [-0.25, -0.2) is 0 Å². The van der Waals surface area contributed by atoms with Gasteiger partial charge in [-0.1, -0.05) is 30.3 Å². The zero-order valence-electron chi connectivity index (χ0n) is 16.3. The van der Waals surface area contributed by atoms with Crippen LogP contribution in [-0.2, 0) is 13.0 Å². The number of likely N-dealkylation sites (tertiary alicyclic amines) is 1. The number of aromatic nitrogens is 2. The maximum absolute atomic E-state index is 13.7. The van der Waals surface area contributed by atoms with Crippen molar-refractivity contribution in [2.75, 3.05) is 19.6 Å². The minimum absolute atomic E-state index is 0.227. The largest absolute Gasteiger partial charge is 0.333 e. The van der Waals surface area contributed by atoms with E-state index in [0.29, 0.717) is 23.9 Å². The van der Waals surface area contributed by atoms with Gasteiger partial charge in [-0.05, 0) is 56.7 Å². The molecule has 0 aliphatic carbocycles. The topological polar surface area (TPSA) is 41.4 Å². The van der Waals surface area contributed by atoms with Crippen molar-refractivity contribution in [2.24, 2.45) is 5.92 Å². The third-order valence-corrected chi connectivity index (χ3v) is 7.70. The lowest BCUT2D eigenvalue weighted by Crippen LogP contribution is -2.60. The van der Waals surface area contributed by atoms with Crippen LogP contribution in [0.3, 0.4) is 0 Å². The van der Waals surface area contributed by atoms with Gasteiger partial charge in [-0.2, -0.15) is 5.10 Å². The van der Waals surface area contributed by atoms with E-state index in [0.717, 1.165) is 30.8 Å². The number of amides is 1. The number of carbonyl (C=O) groups excluding carboxylic acids is 1. The standard InChI is InChI=1S/C23H28N4O/c28-23(18-14-24-27-11-5-4-8-20(18)27)26-15-19(16-6-2-1-3-7-16)22-21(26)17-9-12-25(22)13-10-17/h1-3,6-7,14,17,19,21-22H,4-5,8-13,15H2/t19-,21+,22+/m1/s1. The average molecular weight is 377 g/mol. The summed E-state index contributed by atoms with van der Waals surface area (Å²) in [6.07, 6.45) is 7.64. The van der Waals surface area contributed by atoms with Crippen LogP contribution >= 0.6 is 0 Å². The van der Waals surface area contributed by atoms with Crippen LogP contribution in [-0.4, -0.2) is 57.2 Å². The molecule has 1 aromatic carbocycles. The van der Waals surface area contributed by atoms with Crippen LogP contribution < -0.4 is 0 Å². The molecule has 0 saturated carbocycles. The minimum Gasteiger partial charge on any atom is -0.333 e. The average Bonchev–Trinajstić information content (AvgIpc) is 3.38. The molecule has 5 heteroatoms. The molecule has 0 radical (unpaired) electrons. The Morgan fingerprint density at radius 3 is 2.64 bits per heavy atom. The first-order valence-corrected chi connectivity index (χ1v) is 11.0. The molecule has 3 atom stereocenters. The van der Waals surface area contributed by atoms with Gasteiger partial charge < -0.3 is 4.90 Å². The molecule has 0 unspecified atom stereocenters. The lowest BCUT2D eigenvalue weighted by molar-refractivity contribution is -0.00345. The number of piperidine rings is 3. The molecule has 7 rings (SSSR count). The molecule has 2 aromatic rings. The Bertz CT molecular complexity index is 883. The number of hydrogen-bond donors (Lipinski definition) is 0. The first kappa shape index (κ1) is 16.8. The van der Waals surface area contributed by atoms with Crippen LogP contribution in [0.5, 0.6) is 0 Å². The van der Waals surface area contributed by atoms with Crippen LogP contribution in [0.4, 0.5) is 0 Å². The Labute approximate surface area is 166 Å². The summed E-state index contributed by atoms with van der Waals surface area (Å²) < 4.78 is 2.06. The molecule has 2 bridgehead atoms. The van der Waals surface area contributed by atoms with Crippen molar-refractivity contribution < 1.29 is 4.79 Å². The molecule has 146 valence electrons. The molecular weight excluding hydrogens is 348 g/mol. The van der Waals surface area contributed by atoms with Crippen LogP contribution in [0.15, 0.2) is 36.5 Å². The molecule has 28 heavy (non-hydrogen) atoms. The van der Waals surface area contributed by atoms with E-state index in [1.165, 1.54) is 44.3 Å². The molecular formula is C23H28N4O. The van der Waals surface area contributed by atoms with E-state index < -0.39 is 0 Å². The van der Waals surface area contributed by atoms with E-state index >= 15 is 0 Å². The van der Waals surface area contributed by atoms with Crippen molar-refractivity contribution in [3.05, 3.63) is 53.3 Å². The van der Waals surface area contributed by atoms with E-state index in [4.69, 9.17) is 0 Å². The summed E-state index contributed by atoms with van der Waals surface area (Å²) in [6.45, 7) is 4.19. The molecule has 4 fully saturated rings. The second kappa shape index (κ2) is 6.45. The number of fused-ring (bicyclic) bond motifs is 3. The Kier molecular flexibility index (Phi) is 3.86. The van der Waals surface area contributed by atoms with Crippen molar-refractivity contribution in [1.82, 2.24) is 19.6 Å². The highest BCUT2D eigenvalue weighted by atomic mass is 16.2. The molecule has 1 aromatic heterocycles. The van der Waals surface area contributed by atoms with Crippen molar-refractivity contribution in [3.8, 4) is 0 Å². The second-order valence-corrected chi connectivity index (χ2v) is 9.01. The molecule has 5 aliphatic heterocycles. The van der Waals surface area contributed by atoms with Crippen LogP contribution in [0, 0.1) is 5.92 Å². The summed E-state index contributed by atoms with van der Waals surface area (Å²) in [5, 5.41) is 4.54. The number of carbonyl (C=O) groups is 1. The van der Waals surface area contributed by atoms with E-state index in [1.54, 1.807) is 0 Å². The first-order valence-electron chi connectivity index (χ1n) is 11.0. The van der Waals surface area contributed by atoms with Crippen molar-refractivity contribution in [3.63, 3.8) is 0 Å². The Morgan fingerprint density at radius 1 is 1.00 bits per heavy atom. The van der Waals surface area contributed by atoms with Crippen LogP contribution in [0.2, 0.25) is 0 Å². The maximum atomic E-state index is 13.7. The number of benzene rings is 1. The predicted molar refractivity (Wildman–Crippen MR) is 107 cm³/mol. The zero-order chi connectivity index (χ0) is 18.7. The fourth-order valence-corrected chi connectivity index (χ4v) is 6.40. The smallest absolute Gasteiger partial charge is 0.257 e. The van der Waals surface area contributed by atoms with Crippen molar-refractivity contribution in [1.29, 1.82) is 0 Å². The van der Waals surface area contributed by atoms with E-state index in [2.05, 4.69) is 49.9 Å². The third-order valence-electron chi connectivity index (χ3n) is 7.70. The highest BCUT2D eigenvalue weighted by Gasteiger charge is 2.54. The number of nitrogens with zero attached hydrogens (tertiary/aromatic N) is 4. The summed E-state index contributed by atoms with van der Waals surface area (Å²) in [6, 6.07) is 11.7. The zero-order valence-corrected chi connectivity index (χ0v) is 16.3. The molecule has 6 heterocycles. The van der Waals surface area contributed by atoms with Crippen molar-refractivity contribution >= 4 is 5.91 Å². The second-order valence-electron chi connectivity index (χ2n) is 9.01. The van der Waals surface area contributed by atoms with E-state index in [1.807, 2.05) is 6.20 Å². The molecule has 1 amide bonds. The predicted octanol–water partition coefficient (Wildman–Crippen LogP) is 2.92. The Hall–Kier alpha value is -2.14. The van der Waals surface area contributed by atoms with Gasteiger partial charge in [-0.15, -0.1) is 0 Å². The minimum atomic E-state index is 0.227. The number of rotatable bonds is 2. The quantitative estimate of drug-likeness (QED) is 0.809. The van der Waals surface area contributed by atoms with Gasteiger partial charge in [-0.3, -0.25) is 14.4 Å². The molecule has 0 N–H and O–H groups in total. The monoisotopic (exact) mass is 376 g/mol. The van der Waals surface area contributed by atoms with Gasteiger partial charge >= 0.3 is 0 Å². The summed E-state index contributed by atoms with van der Waals surface area (Å²) in [7, 11) is 0.